The van der Waals surface area contributed by atoms with Crippen LogP contribution in [0.2, 0.25) is 5.02 Å². The summed E-state index contributed by atoms with van der Waals surface area (Å²) in [5.41, 5.74) is 10.1. The highest BCUT2D eigenvalue weighted by molar-refractivity contribution is 6.30. The Hall–Kier alpha value is -3.22. The summed E-state index contributed by atoms with van der Waals surface area (Å²) in [6, 6.07) is 21.6. The Labute approximate surface area is 204 Å². The Bertz CT molecular complexity index is 1320. The van der Waals surface area contributed by atoms with Gasteiger partial charge in [0.1, 0.15) is 0 Å². The number of halogens is 1. The number of aromatic nitrogens is 4. The number of hydrogen-bond donors (Lipinski definition) is 1. The first-order valence-corrected chi connectivity index (χ1v) is 12.1. The molecule has 2 aromatic carbocycles. The molecule has 2 aromatic heterocycles. The van der Waals surface area contributed by atoms with Crippen molar-refractivity contribution in [1.29, 1.82) is 0 Å². The maximum Gasteiger partial charge on any atom is 0.267 e. The van der Waals surface area contributed by atoms with Crippen LogP contribution in [0.5, 0.6) is 0 Å². The minimum absolute atomic E-state index is 0.0469. The molecule has 0 bridgehead atoms. The molecule has 0 unspecified atom stereocenters. The molecule has 1 saturated carbocycles. The second-order valence-corrected chi connectivity index (χ2v) is 9.58. The normalized spacial score (nSPS) is 20.4. The van der Waals surface area contributed by atoms with E-state index in [1.54, 1.807) is 23.0 Å². The van der Waals surface area contributed by atoms with E-state index in [0.717, 1.165) is 42.0 Å². The van der Waals surface area contributed by atoms with E-state index in [2.05, 4.69) is 23.3 Å². The van der Waals surface area contributed by atoms with Gasteiger partial charge in [-0.1, -0.05) is 54.1 Å². The van der Waals surface area contributed by atoms with Crippen LogP contribution >= 0.6 is 11.6 Å². The zero-order valence-corrected chi connectivity index (χ0v) is 19.7. The van der Waals surface area contributed by atoms with E-state index < -0.39 is 0 Å². The SMILES string of the molecule is NCC1(c2cccc(Cl)c2)CCC(n2nc(-c3cnn(Cc4ccccc4)c3)ccc2=O)CC1. The average molecular weight is 474 g/mol. The minimum atomic E-state index is -0.110. The molecule has 2 N–H and O–H groups in total. The van der Waals surface area contributed by atoms with Crippen LogP contribution in [-0.2, 0) is 12.0 Å². The van der Waals surface area contributed by atoms with Crippen LogP contribution in [0.15, 0.2) is 83.9 Å². The lowest BCUT2D eigenvalue weighted by atomic mass is 9.68. The molecule has 0 saturated heterocycles. The van der Waals surface area contributed by atoms with E-state index >= 15 is 0 Å². The average Bonchev–Trinajstić information content (AvgIpc) is 3.33. The van der Waals surface area contributed by atoms with Gasteiger partial charge < -0.3 is 5.73 Å². The van der Waals surface area contributed by atoms with Gasteiger partial charge in [-0.3, -0.25) is 9.48 Å². The molecule has 174 valence electrons. The second-order valence-electron chi connectivity index (χ2n) is 9.14. The molecule has 1 aliphatic carbocycles. The molecular weight excluding hydrogens is 446 g/mol. The molecule has 1 aliphatic rings. The molecule has 0 spiro atoms. The van der Waals surface area contributed by atoms with E-state index in [1.807, 2.05) is 47.3 Å². The van der Waals surface area contributed by atoms with Crippen LogP contribution in [0.4, 0.5) is 0 Å². The Kier molecular flexibility index (Phi) is 6.35. The van der Waals surface area contributed by atoms with E-state index in [0.29, 0.717) is 13.1 Å². The zero-order valence-electron chi connectivity index (χ0n) is 19.0. The lowest BCUT2D eigenvalue weighted by Crippen LogP contribution is -2.41. The molecule has 0 amide bonds. The van der Waals surface area contributed by atoms with Gasteiger partial charge in [-0.15, -0.1) is 0 Å². The van der Waals surface area contributed by atoms with Gasteiger partial charge in [-0.2, -0.15) is 10.2 Å². The van der Waals surface area contributed by atoms with Crippen LogP contribution < -0.4 is 11.3 Å². The fourth-order valence-electron chi connectivity index (χ4n) is 5.02. The third-order valence-electron chi connectivity index (χ3n) is 7.03. The molecule has 5 rings (SSSR count). The van der Waals surface area contributed by atoms with Crippen molar-refractivity contribution in [1.82, 2.24) is 19.6 Å². The molecular formula is C27H28ClN5O. The summed E-state index contributed by atoms with van der Waals surface area (Å²) in [5.74, 6) is 0. The summed E-state index contributed by atoms with van der Waals surface area (Å²) in [5, 5.41) is 9.96. The molecule has 0 radical (unpaired) electrons. The fraction of sp³-hybridized carbons (Fsp3) is 0.296. The van der Waals surface area contributed by atoms with Crippen molar-refractivity contribution in [3.05, 3.63) is 106 Å². The highest BCUT2D eigenvalue weighted by atomic mass is 35.5. The van der Waals surface area contributed by atoms with Crippen molar-refractivity contribution in [2.45, 2.75) is 43.7 Å². The Morgan fingerprint density at radius 2 is 1.82 bits per heavy atom. The lowest BCUT2D eigenvalue weighted by molar-refractivity contribution is 0.222. The summed E-state index contributed by atoms with van der Waals surface area (Å²) in [6.07, 6.45) is 7.24. The second kappa shape index (κ2) is 9.57. The van der Waals surface area contributed by atoms with Crippen molar-refractivity contribution in [2.24, 2.45) is 5.73 Å². The number of rotatable bonds is 6. The maximum atomic E-state index is 12.7. The topological polar surface area (TPSA) is 78.7 Å². The van der Waals surface area contributed by atoms with Crippen molar-refractivity contribution in [2.75, 3.05) is 6.54 Å². The summed E-state index contributed by atoms with van der Waals surface area (Å²) in [7, 11) is 0. The third-order valence-corrected chi connectivity index (χ3v) is 7.26. The Balaban J connectivity index is 1.35. The summed E-state index contributed by atoms with van der Waals surface area (Å²) < 4.78 is 3.55. The van der Waals surface area contributed by atoms with Gasteiger partial charge in [0.2, 0.25) is 0 Å². The Morgan fingerprint density at radius 3 is 2.56 bits per heavy atom. The predicted molar refractivity (Wildman–Crippen MR) is 135 cm³/mol. The van der Waals surface area contributed by atoms with E-state index in [-0.39, 0.29) is 17.0 Å². The van der Waals surface area contributed by atoms with E-state index in [1.165, 1.54) is 11.1 Å². The van der Waals surface area contributed by atoms with Crippen molar-refractivity contribution >= 4 is 11.6 Å². The third kappa shape index (κ3) is 4.56. The zero-order chi connectivity index (χ0) is 23.5. The van der Waals surface area contributed by atoms with Crippen LogP contribution in [0.3, 0.4) is 0 Å². The van der Waals surface area contributed by atoms with Gasteiger partial charge in [0.05, 0.1) is 24.5 Å². The molecule has 7 heteroatoms. The van der Waals surface area contributed by atoms with Gasteiger partial charge in [0.15, 0.2) is 0 Å². The monoisotopic (exact) mass is 473 g/mol. The van der Waals surface area contributed by atoms with Crippen LogP contribution in [0, 0.1) is 0 Å². The standard InChI is InChI=1S/C27H28ClN5O/c28-23-8-4-7-22(15-23)27(19-29)13-11-24(12-14-27)33-26(34)10-9-25(31-33)21-16-30-32(18-21)17-20-5-2-1-3-6-20/h1-10,15-16,18,24H,11-14,17,19,29H2. The molecule has 4 aromatic rings. The number of nitrogens with two attached hydrogens (primary N) is 1. The van der Waals surface area contributed by atoms with Gasteiger partial charge in [0.25, 0.3) is 5.56 Å². The van der Waals surface area contributed by atoms with Crippen molar-refractivity contribution < 1.29 is 0 Å². The lowest BCUT2D eigenvalue weighted by Gasteiger charge is -2.40. The van der Waals surface area contributed by atoms with Gasteiger partial charge in [0, 0.05) is 34.8 Å². The largest absolute Gasteiger partial charge is 0.330 e. The van der Waals surface area contributed by atoms with Crippen molar-refractivity contribution in [3.63, 3.8) is 0 Å². The summed E-state index contributed by atoms with van der Waals surface area (Å²) in [4.78, 5) is 12.7. The van der Waals surface area contributed by atoms with E-state index in [9.17, 15) is 4.79 Å². The molecule has 2 heterocycles. The first-order valence-electron chi connectivity index (χ1n) is 11.7. The van der Waals surface area contributed by atoms with Crippen LogP contribution in [0.1, 0.15) is 42.9 Å². The molecule has 6 nitrogen and oxygen atoms in total. The minimum Gasteiger partial charge on any atom is -0.330 e. The van der Waals surface area contributed by atoms with Crippen LogP contribution in [-0.4, -0.2) is 26.1 Å². The first-order chi connectivity index (χ1) is 16.6. The van der Waals surface area contributed by atoms with Gasteiger partial charge >= 0.3 is 0 Å². The van der Waals surface area contributed by atoms with Crippen molar-refractivity contribution in [3.8, 4) is 11.3 Å². The van der Waals surface area contributed by atoms with Gasteiger partial charge in [-0.25, -0.2) is 4.68 Å². The van der Waals surface area contributed by atoms with E-state index in [4.69, 9.17) is 22.4 Å². The maximum absolute atomic E-state index is 12.7. The Morgan fingerprint density at radius 1 is 1.03 bits per heavy atom. The molecule has 34 heavy (non-hydrogen) atoms. The quantitative estimate of drug-likeness (QED) is 0.435. The van der Waals surface area contributed by atoms with Gasteiger partial charge in [-0.05, 0) is 55.0 Å². The summed E-state index contributed by atoms with van der Waals surface area (Å²) in [6.45, 7) is 1.25. The highest BCUT2D eigenvalue weighted by Gasteiger charge is 2.37. The fourth-order valence-corrected chi connectivity index (χ4v) is 5.21. The predicted octanol–water partition coefficient (Wildman–Crippen LogP) is 4.82. The molecule has 1 fully saturated rings. The summed E-state index contributed by atoms with van der Waals surface area (Å²) >= 11 is 6.25. The molecule has 0 atom stereocenters. The first kappa shape index (κ1) is 22.6. The van der Waals surface area contributed by atoms with Crippen LogP contribution in [0.25, 0.3) is 11.3 Å². The highest BCUT2D eigenvalue weighted by Crippen LogP contribution is 2.42. The number of benzene rings is 2. The number of hydrogen-bond acceptors (Lipinski definition) is 4. The smallest absolute Gasteiger partial charge is 0.267 e. The molecule has 0 aliphatic heterocycles. The number of nitrogens with zero attached hydrogens (tertiary/aromatic N) is 4.